The molecular formula is C20H21ClFN3O2. The molecule has 3 rings (SSSR count). The lowest BCUT2D eigenvalue weighted by molar-refractivity contribution is -0.131. The first-order chi connectivity index (χ1) is 13.0. The van der Waals surface area contributed by atoms with Gasteiger partial charge in [-0.25, -0.2) is 9.18 Å². The summed E-state index contributed by atoms with van der Waals surface area (Å²) in [6.45, 7) is 1.03. The molecule has 1 aliphatic rings. The van der Waals surface area contributed by atoms with E-state index in [2.05, 4.69) is 10.6 Å². The first-order valence-electron chi connectivity index (χ1n) is 8.86. The van der Waals surface area contributed by atoms with Gasteiger partial charge in [-0.3, -0.25) is 4.79 Å². The minimum absolute atomic E-state index is 0.00480. The number of carbonyl (C=O) groups excluding carboxylic acids is 2. The van der Waals surface area contributed by atoms with Crippen molar-refractivity contribution in [1.82, 2.24) is 10.2 Å². The Morgan fingerprint density at radius 1 is 1.07 bits per heavy atom. The second-order valence-electron chi connectivity index (χ2n) is 6.50. The van der Waals surface area contributed by atoms with E-state index in [9.17, 15) is 14.0 Å². The number of amides is 3. The molecule has 142 valence electrons. The first kappa shape index (κ1) is 19.2. The standard InChI is InChI=1S/C20H21ClFN3O2/c21-17-7-4-8-18(22)16(17)13-19(26)25-11-9-15(10-12-25)24-20(27)23-14-5-2-1-3-6-14/h1-8,15H,9-13H2,(H2,23,24,27). The number of anilines is 1. The fraction of sp³-hybridized carbons (Fsp3) is 0.300. The minimum atomic E-state index is -0.468. The molecule has 27 heavy (non-hydrogen) atoms. The highest BCUT2D eigenvalue weighted by atomic mass is 35.5. The predicted molar refractivity (Wildman–Crippen MR) is 103 cm³/mol. The number of carbonyl (C=O) groups is 2. The Hall–Kier alpha value is -2.60. The molecule has 0 bridgehead atoms. The maximum absolute atomic E-state index is 13.9. The van der Waals surface area contributed by atoms with Crippen LogP contribution in [0.4, 0.5) is 14.9 Å². The first-order valence-corrected chi connectivity index (χ1v) is 9.24. The summed E-state index contributed by atoms with van der Waals surface area (Å²) >= 11 is 5.99. The van der Waals surface area contributed by atoms with Gasteiger partial charge in [0.15, 0.2) is 0 Å². The number of hydrogen-bond acceptors (Lipinski definition) is 2. The number of hydrogen-bond donors (Lipinski definition) is 2. The molecule has 0 radical (unpaired) electrons. The van der Waals surface area contributed by atoms with Crippen LogP contribution in [0.5, 0.6) is 0 Å². The summed E-state index contributed by atoms with van der Waals surface area (Å²) in [4.78, 5) is 26.2. The molecule has 0 saturated carbocycles. The maximum atomic E-state index is 13.9. The third-order valence-corrected chi connectivity index (χ3v) is 4.96. The second kappa shape index (κ2) is 8.86. The van der Waals surface area contributed by atoms with Gasteiger partial charge in [-0.05, 0) is 37.1 Å². The summed E-state index contributed by atoms with van der Waals surface area (Å²) in [7, 11) is 0. The fourth-order valence-corrected chi connectivity index (χ4v) is 3.34. The molecule has 0 atom stereocenters. The van der Waals surface area contributed by atoms with E-state index in [1.807, 2.05) is 30.3 Å². The van der Waals surface area contributed by atoms with Crippen LogP contribution in [0.1, 0.15) is 18.4 Å². The fourth-order valence-electron chi connectivity index (χ4n) is 3.11. The minimum Gasteiger partial charge on any atom is -0.342 e. The van der Waals surface area contributed by atoms with Gasteiger partial charge in [0.1, 0.15) is 5.82 Å². The Balaban J connectivity index is 1.47. The summed E-state index contributed by atoms with van der Waals surface area (Å²) in [6, 6.07) is 13.3. The van der Waals surface area contributed by atoms with Crippen molar-refractivity contribution in [3.63, 3.8) is 0 Å². The molecule has 2 aromatic rings. The number of urea groups is 1. The van der Waals surface area contributed by atoms with E-state index in [0.29, 0.717) is 25.9 Å². The van der Waals surface area contributed by atoms with Crippen molar-refractivity contribution in [1.29, 1.82) is 0 Å². The lowest BCUT2D eigenvalue weighted by Crippen LogP contribution is -2.48. The molecule has 3 amide bonds. The number of nitrogens with one attached hydrogen (secondary N) is 2. The predicted octanol–water partition coefficient (Wildman–Crippen LogP) is 3.83. The van der Waals surface area contributed by atoms with Gasteiger partial charge in [0, 0.05) is 35.4 Å². The topological polar surface area (TPSA) is 61.4 Å². The van der Waals surface area contributed by atoms with Gasteiger partial charge in [0.25, 0.3) is 0 Å². The van der Waals surface area contributed by atoms with E-state index in [1.54, 1.807) is 11.0 Å². The summed E-state index contributed by atoms with van der Waals surface area (Å²) in [5.74, 6) is -0.626. The van der Waals surface area contributed by atoms with Gasteiger partial charge in [0.05, 0.1) is 6.42 Å². The molecule has 1 fully saturated rings. The zero-order valence-electron chi connectivity index (χ0n) is 14.8. The van der Waals surface area contributed by atoms with Crippen molar-refractivity contribution < 1.29 is 14.0 Å². The van der Waals surface area contributed by atoms with Crippen LogP contribution in [0.2, 0.25) is 5.02 Å². The lowest BCUT2D eigenvalue weighted by Gasteiger charge is -2.32. The van der Waals surface area contributed by atoms with Gasteiger partial charge in [-0.1, -0.05) is 35.9 Å². The molecule has 1 saturated heterocycles. The van der Waals surface area contributed by atoms with E-state index in [-0.39, 0.29) is 35.0 Å². The SMILES string of the molecule is O=C(Nc1ccccc1)NC1CCN(C(=O)Cc2c(F)cccc2Cl)CC1. The van der Waals surface area contributed by atoms with Gasteiger partial charge in [-0.2, -0.15) is 0 Å². The number of benzene rings is 2. The molecule has 0 aliphatic carbocycles. The molecule has 1 heterocycles. The van der Waals surface area contributed by atoms with Crippen LogP contribution in [0.15, 0.2) is 48.5 Å². The van der Waals surface area contributed by atoms with E-state index < -0.39 is 5.82 Å². The van der Waals surface area contributed by atoms with Crippen LogP contribution in [0.25, 0.3) is 0 Å². The normalized spacial score (nSPS) is 14.7. The van der Waals surface area contributed by atoms with Crippen molar-refractivity contribution in [2.45, 2.75) is 25.3 Å². The molecule has 2 N–H and O–H groups in total. The highest BCUT2D eigenvalue weighted by Crippen LogP contribution is 2.21. The number of halogens is 2. The van der Waals surface area contributed by atoms with Crippen LogP contribution in [0.3, 0.4) is 0 Å². The van der Waals surface area contributed by atoms with Crippen molar-refractivity contribution in [2.24, 2.45) is 0 Å². The Bertz CT molecular complexity index is 788. The average molecular weight is 390 g/mol. The van der Waals surface area contributed by atoms with Crippen LogP contribution >= 0.6 is 11.6 Å². The van der Waals surface area contributed by atoms with Crippen LogP contribution in [-0.2, 0) is 11.2 Å². The summed E-state index contributed by atoms with van der Waals surface area (Å²) in [5, 5.41) is 5.97. The highest BCUT2D eigenvalue weighted by molar-refractivity contribution is 6.31. The molecule has 7 heteroatoms. The largest absolute Gasteiger partial charge is 0.342 e. The van der Waals surface area contributed by atoms with Gasteiger partial charge < -0.3 is 15.5 Å². The van der Waals surface area contributed by atoms with E-state index >= 15 is 0 Å². The maximum Gasteiger partial charge on any atom is 0.319 e. The molecular weight excluding hydrogens is 369 g/mol. The second-order valence-corrected chi connectivity index (χ2v) is 6.90. The molecule has 5 nitrogen and oxygen atoms in total. The number of likely N-dealkylation sites (tertiary alicyclic amines) is 1. The molecule has 0 aromatic heterocycles. The van der Waals surface area contributed by atoms with Crippen LogP contribution in [-0.4, -0.2) is 36.0 Å². The van der Waals surface area contributed by atoms with Crippen molar-refractivity contribution in [3.8, 4) is 0 Å². The molecule has 0 unspecified atom stereocenters. The van der Waals surface area contributed by atoms with E-state index in [1.165, 1.54) is 12.1 Å². The van der Waals surface area contributed by atoms with Crippen molar-refractivity contribution >= 4 is 29.2 Å². The number of rotatable bonds is 4. The monoisotopic (exact) mass is 389 g/mol. The van der Waals surface area contributed by atoms with E-state index in [0.717, 1.165) is 5.69 Å². The molecule has 2 aromatic carbocycles. The number of para-hydroxylation sites is 1. The molecule has 0 spiro atoms. The summed E-state index contributed by atoms with van der Waals surface area (Å²) in [6.07, 6.45) is 1.25. The number of piperidine rings is 1. The number of nitrogens with zero attached hydrogens (tertiary/aromatic N) is 1. The Labute approximate surface area is 162 Å². The van der Waals surface area contributed by atoms with Crippen LogP contribution in [0, 0.1) is 5.82 Å². The summed E-state index contributed by atoms with van der Waals surface area (Å²) < 4.78 is 13.9. The zero-order valence-corrected chi connectivity index (χ0v) is 15.5. The third-order valence-electron chi connectivity index (χ3n) is 4.60. The highest BCUT2D eigenvalue weighted by Gasteiger charge is 2.25. The zero-order chi connectivity index (χ0) is 19.2. The Morgan fingerprint density at radius 2 is 1.78 bits per heavy atom. The Kier molecular flexibility index (Phi) is 6.29. The van der Waals surface area contributed by atoms with Crippen molar-refractivity contribution in [3.05, 3.63) is 64.9 Å². The van der Waals surface area contributed by atoms with Gasteiger partial charge >= 0.3 is 6.03 Å². The summed E-state index contributed by atoms with van der Waals surface area (Å²) in [5.41, 5.74) is 0.955. The smallest absolute Gasteiger partial charge is 0.319 e. The van der Waals surface area contributed by atoms with Gasteiger partial charge in [0.2, 0.25) is 5.91 Å². The van der Waals surface area contributed by atoms with Gasteiger partial charge in [-0.15, -0.1) is 0 Å². The Morgan fingerprint density at radius 3 is 2.44 bits per heavy atom. The van der Waals surface area contributed by atoms with Crippen molar-refractivity contribution in [2.75, 3.05) is 18.4 Å². The van der Waals surface area contributed by atoms with E-state index in [4.69, 9.17) is 11.6 Å². The average Bonchev–Trinajstić information content (AvgIpc) is 2.66. The van der Waals surface area contributed by atoms with Crippen LogP contribution < -0.4 is 10.6 Å². The molecule has 1 aliphatic heterocycles. The third kappa shape index (κ3) is 5.20. The quantitative estimate of drug-likeness (QED) is 0.834. The lowest BCUT2D eigenvalue weighted by atomic mass is 10.0.